The number of aliphatic hydroxyl groups excluding tert-OH is 1. The summed E-state index contributed by atoms with van der Waals surface area (Å²) in [7, 11) is 0. The van der Waals surface area contributed by atoms with Gasteiger partial charge in [0.05, 0.1) is 11.8 Å². The van der Waals surface area contributed by atoms with Crippen LogP contribution in [0.2, 0.25) is 0 Å². The Hall–Kier alpha value is -2.04. The molecule has 1 unspecified atom stereocenters. The van der Waals surface area contributed by atoms with E-state index < -0.39 is 6.10 Å². The Morgan fingerprint density at radius 2 is 1.93 bits per heavy atom. The van der Waals surface area contributed by atoms with Crippen molar-refractivity contribution in [3.05, 3.63) is 59.7 Å². The van der Waals surface area contributed by atoms with Gasteiger partial charge in [-0.25, -0.2) is 0 Å². The first kappa shape index (κ1) is 18.3. The molecule has 4 heteroatoms. The molecule has 1 fully saturated rings. The smallest absolute Gasteiger partial charge is 0.142 e. The van der Waals surface area contributed by atoms with Crippen LogP contribution in [0.3, 0.4) is 0 Å². The van der Waals surface area contributed by atoms with Crippen molar-refractivity contribution in [1.29, 1.82) is 0 Å². The van der Waals surface area contributed by atoms with Crippen LogP contribution in [0.25, 0.3) is 0 Å². The SMILES string of the molecule is OC(CCN1CCC(Cc2ccccc2)CC1)c1ccc2c(c1)OCCN2. The fourth-order valence-corrected chi connectivity index (χ4v) is 4.19. The Balaban J connectivity index is 1.23. The molecule has 2 aromatic rings. The molecule has 2 heterocycles. The summed E-state index contributed by atoms with van der Waals surface area (Å²) < 4.78 is 5.69. The lowest BCUT2D eigenvalue weighted by Crippen LogP contribution is -2.35. The second kappa shape index (κ2) is 8.77. The first-order chi connectivity index (χ1) is 13.3. The van der Waals surface area contributed by atoms with E-state index in [1.807, 2.05) is 18.2 Å². The van der Waals surface area contributed by atoms with Crippen LogP contribution in [0.15, 0.2) is 48.5 Å². The van der Waals surface area contributed by atoms with E-state index in [0.29, 0.717) is 6.61 Å². The van der Waals surface area contributed by atoms with E-state index in [2.05, 4.69) is 40.5 Å². The third kappa shape index (κ3) is 4.82. The van der Waals surface area contributed by atoms with E-state index in [-0.39, 0.29) is 0 Å². The Morgan fingerprint density at radius 1 is 1.11 bits per heavy atom. The minimum atomic E-state index is -0.428. The van der Waals surface area contributed by atoms with Gasteiger partial charge in [0.2, 0.25) is 0 Å². The van der Waals surface area contributed by atoms with Crippen LogP contribution in [0, 0.1) is 5.92 Å². The molecule has 0 spiro atoms. The molecule has 144 valence electrons. The van der Waals surface area contributed by atoms with Crippen LogP contribution in [0.1, 0.15) is 36.5 Å². The summed E-state index contributed by atoms with van der Waals surface area (Å²) in [5.41, 5.74) is 3.43. The molecule has 0 radical (unpaired) electrons. The second-order valence-electron chi connectivity index (χ2n) is 7.81. The maximum atomic E-state index is 10.6. The Bertz CT molecular complexity index is 726. The molecule has 0 aromatic heterocycles. The largest absolute Gasteiger partial charge is 0.490 e. The summed E-state index contributed by atoms with van der Waals surface area (Å²) in [6, 6.07) is 16.8. The first-order valence-electron chi connectivity index (χ1n) is 10.2. The van der Waals surface area contributed by atoms with Crippen LogP contribution in [-0.4, -0.2) is 42.8 Å². The lowest BCUT2D eigenvalue weighted by molar-refractivity contribution is 0.123. The van der Waals surface area contributed by atoms with Gasteiger partial charge in [0.25, 0.3) is 0 Å². The fourth-order valence-electron chi connectivity index (χ4n) is 4.19. The predicted octanol–water partition coefficient (Wildman–Crippen LogP) is 3.87. The number of hydrogen-bond donors (Lipinski definition) is 2. The highest BCUT2D eigenvalue weighted by molar-refractivity contribution is 5.59. The summed E-state index contributed by atoms with van der Waals surface area (Å²) in [5, 5.41) is 13.9. The van der Waals surface area contributed by atoms with Gasteiger partial charge in [-0.15, -0.1) is 0 Å². The molecule has 2 aromatic carbocycles. The van der Waals surface area contributed by atoms with Crippen LogP contribution < -0.4 is 10.1 Å². The Morgan fingerprint density at radius 3 is 2.74 bits per heavy atom. The molecule has 2 aliphatic heterocycles. The molecule has 0 amide bonds. The van der Waals surface area contributed by atoms with Crippen LogP contribution >= 0.6 is 0 Å². The summed E-state index contributed by atoms with van der Waals surface area (Å²) in [6.07, 6.45) is 4.05. The van der Waals surface area contributed by atoms with Gasteiger partial charge in [0, 0.05) is 13.1 Å². The van der Waals surface area contributed by atoms with Crippen molar-refractivity contribution >= 4 is 5.69 Å². The van der Waals surface area contributed by atoms with Gasteiger partial charge in [-0.05, 0) is 68.0 Å². The molecule has 2 aliphatic rings. The third-order valence-corrected chi connectivity index (χ3v) is 5.86. The standard InChI is InChI=1S/C23H30N2O2/c26-22(20-6-7-21-23(17-20)27-15-11-24-21)10-14-25-12-8-19(9-13-25)16-18-4-2-1-3-5-18/h1-7,17,19,22,24,26H,8-16H2. The lowest BCUT2D eigenvalue weighted by atomic mass is 9.90. The highest BCUT2D eigenvalue weighted by Crippen LogP contribution is 2.31. The van der Waals surface area contributed by atoms with Crippen LogP contribution in [0.4, 0.5) is 5.69 Å². The molecule has 0 aliphatic carbocycles. The first-order valence-corrected chi connectivity index (χ1v) is 10.2. The number of piperidine rings is 1. The molecule has 2 N–H and O–H groups in total. The third-order valence-electron chi connectivity index (χ3n) is 5.86. The van der Waals surface area contributed by atoms with Crippen molar-refractivity contribution in [2.75, 3.05) is 38.1 Å². The maximum Gasteiger partial charge on any atom is 0.142 e. The highest BCUT2D eigenvalue weighted by atomic mass is 16.5. The van der Waals surface area contributed by atoms with E-state index in [4.69, 9.17) is 4.74 Å². The number of benzene rings is 2. The van der Waals surface area contributed by atoms with Gasteiger partial charge in [0.1, 0.15) is 12.4 Å². The second-order valence-corrected chi connectivity index (χ2v) is 7.81. The van der Waals surface area contributed by atoms with E-state index in [1.165, 1.54) is 24.8 Å². The number of nitrogens with zero attached hydrogens (tertiary/aromatic N) is 1. The van der Waals surface area contributed by atoms with Gasteiger partial charge in [-0.3, -0.25) is 0 Å². The molecule has 0 bridgehead atoms. The zero-order valence-electron chi connectivity index (χ0n) is 15.9. The number of fused-ring (bicyclic) bond motifs is 1. The summed E-state index contributed by atoms with van der Waals surface area (Å²) >= 11 is 0. The number of ether oxygens (including phenoxy) is 1. The van der Waals surface area contributed by atoms with Crippen molar-refractivity contribution in [3.8, 4) is 5.75 Å². The van der Waals surface area contributed by atoms with Crippen molar-refractivity contribution in [1.82, 2.24) is 4.90 Å². The normalized spacial score (nSPS) is 19.0. The van der Waals surface area contributed by atoms with Crippen molar-refractivity contribution in [2.24, 2.45) is 5.92 Å². The minimum Gasteiger partial charge on any atom is -0.490 e. The average Bonchev–Trinajstić information content (AvgIpc) is 2.73. The van der Waals surface area contributed by atoms with Gasteiger partial charge in [0.15, 0.2) is 0 Å². The number of likely N-dealkylation sites (tertiary alicyclic amines) is 1. The molecule has 4 rings (SSSR count). The molecule has 1 atom stereocenters. The van der Waals surface area contributed by atoms with E-state index >= 15 is 0 Å². The van der Waals surface area contributed by atoms with Crippen LogP contribution in [-0.2, 0) is 6.42 Å². The number of rotatable bonds is 6. The molecule has 4 nitrogen and oxygen atoms in total. The summed E-state index contributed by atoms with van der Waals surface area (Å²) in [6.45, 7) is 4.76. The fraction of sp³-hybridized carbons (Fsp3) is 0.478. The van der Waals surface area contributed by atoms with E-state index in [9.17, 15) is 5.11 Å². The van der Waals surface area contributed by atoms with Crippen molar-refractivity contribution in [3.63, 3.8) is 0 Å². The number of nitrogens with one attached hydrogen (secondary N) is 1. The Labute approximate surface area is 162 Å². The van der Waals surface area contributed by atoms with Gasteiger partial charge < -0.3 is 20.1 Å². The van der Waals surface area contributed by atoms with Gasteiger partial charge in [-0.1, -0.05) is 36.4 Å². The van der Waals surface area contributed by atoms with Crippen molar-refractivity contribution in [2.45, 2.75) is 31.8 Å². The predicted molar refractivity (Wildman–Crippen MR) is 109 cm³/mol. The highest BCUT2D eigenvalue weighted by Gasteiger charge is 2.21. The molecular weight excluding hydrogens is 336 g/mol. The quantitative estimate of drug-likeness (QED) is 0.815. The summed E-state index contributed by atoms with van der Waals surface area (Å²) in [4.78, 5) is 2.50. The molecule has 1 saturated heterocycles. The number of aliphatic hydroxyl groups is 1. The molecule has 0 saturated carbocycles. The van der Waals surface area contributed by atoms with E-state index in [0.717, 1.165) is 55.5 Å². The maximum absolute atomic E-state index is 10.6. The van der Waals surface area contributed by atoms with Gasteiger partial charge >= 0.3 is 0 Å². The lowest BCUT2D eigenvalue weighted by Gasteiger charge is -2.32. The topological polar surface area (TPSA) is 44.7 Å². The monoisotopic (exact) mass is 366 g/mol. The number of anilines is 1. The summed E-state index contributed by atoms with van der Waals surface area (Å²) in [5.74, 6) is 1.65. The Kier molecular flexibility index (Phi) is 5.95. The van der Waals surface area contributed by atoms with Gasteiger partial charge in [-0.2, -0.15) is 0 Å². The molecule has 27 heavy (non-hydrogen) atoms. The zero-order valence-corrected chi connectivity index (χ0v) is 15.9. The number of hydrogen-bond acceptors (Lipinski definition) is 4. The van der Waals surface area contributed by atoms with Crippen molar-refractivity contribution < 1.29 is 9.84 Å². The van der Waals surface area contributed by atoms with Crippen LogP contribution in [0.5, 0.6) is 5.75 Å². The van der Waals surface area contributed by atoms with E-state index in [1.54, 1.807) is 0 Å². The minimum absolute atomic E-state index is 0.428. The zero-order chi connectivity index (χ0) is 18.5. The average molecular weight is 367 g/mol. The molecular formula is C23H30N2O2.